The van der Waals surface area contributed by atoms with Gasteiger partial charge in [-0.15, -0.1) is 0 Å². The maximum atomic E-state index is 5.37. The fourth-order valence-electron chi connectivity index (χ4n) is 2.39. The number of hydrogen-bond acceptors (Lipinski definition) is 4. The molecule has 1 aromatic rings. The summed E-state index contributed by atoms with van der Waals surface area (Å²) in [7, 11) is 0. The van der Waals surface area contributed by atoms with Crippen LogP contribution in [0.25, 0.3) is 0 Å². The van der Waals surface area contributed by atoms with Crippen molar-refractivity contribution in [3.05, 3.63) is 23.9 Å². The highest BCUT2D eigenvalue weighted by Crippen LogP contribution is 2.18. The van der Waals surface area contributed by atoms with Crippen molar-refractivity contribution < 1.29 is 0 Å². The molecule has 0 radical (unpaired) electrons. The van der Waals surface area contributed by atoms with Gasteiger partial charge in [0.25, 0.3) is 0 Å². The summed E-state index contributed by atoms with van der Waals surface area (Å²) < 4.78 is 0. The fourth-order valence-corrected chi connectivity index (χ4v) is 2.39. The molecule has 94 valence electrons. The number of hydrazine groups is 1. The van der Waals surface area contributed by atoms with Crippen LogP contribution in [-0.2, 0) is 6.54 Å². The molecular formula is C13H22N4. The van der Waals surface area contributed by atoms with Gasteiger partial charge in [-0.1, -0.05) is 6.92 Å². The van der Waals surface area contributed by atoms with Gasteiger partial charge in [0.2, 0.25) is 0 Å². The van der Waals surface area contributed by atoms with E-state index >= 15 is 0 Å². The normalized spacial score (nSPS) is 22.1. The number of pyridine rings is 1. The van der Waals surface area contributed by atoms with E-state index in [4.69, 9.17) is 5.84 Å². The van der Waals surface area contributed by atoms with Crippen LogP contribution in [0.1, 0.15) is 31.7 Å². The first-order chi connectivity index (χ1) is 8.28. The van der Waals surface area contributed by atoms with Gasteiger partial charge in [-0.25, -0.2) is 10.8 Å². The summed E-state index contributed by atoms with van der Waals surface area (Å²) in [6.07, 6.45) is 5.80. The van der Waals surface area contributed by atoms with E-state index in [9.17, 15) is 0 Å². The first-order valence-corrected chi connectivity index (χ1v) is 6.42. The zero-order valence-electron chi connectivity index (χ0n) is 10.5. The third-order valence-electron chi connectivity index (χ3n) is 3.49. The second-order valence-electron chi connectivity index (χ2n) is 5.01. The first kappa shape index (κ1) is 12.3. The third kappa shape index (κ3) is 3.68. The van der Waals surface area contributed by atoms with Gasteiger partial charge < -0.3 is 5.43 Å². The van der Waals surface area contributed by atoms with Crippen LogP contribution in [0.3, 0.4) is 0 Å². The van der Waals surface area contributed by atoms with E-state index in [2.05, 4.69) is 28.3 Å². The van der Waals surface area contributed by atoms with Crippen molar-refractivity contribution in [2.45, 2.75) is 32.7 Å². The van der Waals surface area contributed by atoms with Crippen LogP contribution in [0, 0.1) is 5.92 Å². The molecule has 17 heavy (non-hydrogen) atoms. The minimum atomic E-state index is 0.741. The van der Waals surface area contributed by atoms with Gasteiger partial charge >= 0.3 is 0 Å². The van der Waals surface area contributed by atoms with Crippen LogP contribution < -0.4 is 11.3 Å². The number of anilines is 1. The van der Waals surface area contributed by atoms with Crippen LogP contribution in [0.5, 0.6) is 0 Å². The SMILES string of the molecule is CC1CCCN(Cc2ccnc(NN)c2)CC1. The molecule has 3 N–H and O–H groups in total. The molecule has 1 aliphatic heterocycles. The number of hydrogen-bond donors (Lipinski definition) is 2. The van der Waals surface area contributed by atoms with Crippen LogP contribution in [-0.4, -0.2) is 23.0 Å². The number of likely N-dealkylation sites (tertiary alicyclic amines) is 1. The highest BCUT2D eigenvalue weighted by Gasteiger charge is 2.13. The molecule has 0 bridgehead atoms. The molecule has 4 nitrogen and oxygen atoms in total. The zero-order valence-corrected chi connectivity index (χ0v) is 10.5. The van der Waals surface area contributed by atoms with E-state index in [0.717, 1.165) is 18.3 Å². The Kier molecular flexibility index (Phi) is 4.34. The van der Waals surface area contributed by atoms with E-state index in [0.29, 0.717) is 0 Å². The minimum absolute atomic E-state index is 0.741. The maximum absolute atomic E-state index is 5.37. The molecule has 1 saturated heterocycles. The maximum Gasteiger partial charge on any atom is 0.140 e. The molecule has 2 heterocycles. The predicted molar refractivity (Wildman–Crippen MR) is 70.3 cm³/mol. The lowest BCUT2D eigenvalue weighted by atomic mass is 10.0. The molecule has 1 fully saturated rings. The van der Waals surface area contributed by atoms with Crippen LogP contribution in [0.15, 0.2) is 18.3 Å². The van der Waals surface area contributed by atoms with Crippen molar-refractivity contribution in [3.8, 4) is 0 Å². The molecule has 1 atom stereocenters. The highest BCUT2D eigenvalue weighted by molar-refractivity contribution is 5.35. The number of nitrogens with zero attached hydrogens (tertiary/aromatic N) is 2. The Morgan fingerprint density at radius 1 is 1.47 bits per heavy atom. The Morgan fingerprint density at radius 3 is 3.18 bits per heavy atom. The lowest BCUT2D eigenvalue weighted by Crippen LogP contribution is -2.24. The molecular weight excluding hydrogens is 212 g/mol. The van der Waals surface area contributed by atoms with Crippen LogP contribution in [0.2, 0.25) is 0 Å². The van der Waals surface area contributed by atoms with Crippen molar-refractivity contribution in [2.75, 3.05) is 18.5 Å². The molecule has 0 spiro atoms. The van der Waals surface area contributed by atoms with Crippen LogP contribution >= 0.6 is 0 Å². The average molecular weight is 234 g/mol. The van der Waals surface area contributed by atoms with Gasteiger partial charge in [0, 0.05) is 12.7 Å². The van der Waals surface area contributed by atoms with E-state index in [1.54, 1.807) is 0 Å². The van der Waals surface area contributed by atoms with Gasteiger partial charge in [-0.3, -0.25) is 4.90 Å². The van der Waals surface area contributed by atoms with Crippen molar-refractivity contribution in [3.63, 3.8) is 0 Å². The van der Waals surface area contributed by atoms with E-state index in [-0.39, 0.29) is 0 Å². The largest absolute Gasteiger partial charge is 0.308 e. The second-order valence-corrected chi connectivity index (χ2v) is 5.01. The van der Waals surface area contributed by atoms with Gasteiger partial charge in [-0.05, 0) is 56.0 Å². The molecule has 0 amide bonds. The third-order valence-corrected chi connectivity index (χ3v) is 3.49. The van der Waals surface area contributed by atoms with Gasteiger partial charge in [-0.2, -0.15) is 0 Å². The molecule has 1 aromatic heterocycles. The summed E-state index contributed by atoms with van der Waals surface area (Å²) in [6.45, 7) is 5.77. The summed E-state index contributed by atoms with van der Waals surface area (Å²) in [4.78, 5) is 6.65. The zero-order chi connectivity index (χ0) is 12.1. The molecule has 1 unspecified atom stereocenters. The van der Waals surface area contributed by atoms with Crippen molar-refractivity contribution in [1.82, 2.24) is 9.88 Å². The molecule has 1 aliphatic rings. The summed E-state index contributed by atoms with van der Waals surface area (Å²) in [5.74, 6) is 6.98. The topological polar surface area (TPSA) is 54.2 Å². The van der Waals surface area contributed by atoms with Crippen molar-refractivity contribution in [2.24, 2.45) is 11.8 Å². The Balaban J connectivity index is 1.94. The predicted octanol–water partition coefficient (Wildman–Crippen LogP) is 1.99. The smallest absolute Gasteiger partial charge is 0.140 e. The monoisotopic (exact) mass is 234 g/mol. The van der Waals surface area contributed by atoms with Crippen molar-refractivity contribution >= 4 is 5.82 Å². The van der Waals surface area contributed by atoms with Crippen molar-refractivity contribution in [1.29, 1.82) is 0 Å². The number of nitrogens with two attached hydrogens (primary N) is 1. The Morgan fingerprint density at radius 2 is 2.35 bits per heavy atom. The molecule has 4 heteroatoms. The lowest BCUT2D eigenvalue weighted by molar-refractivity contribution is 0.273. The lowest BCUT2D eigenvalue weighted by Gasteiger charge is -2.20. The summed E-state index contributed by atoms with van der Waals surface area (Å²) in [5, 5.41) is 0. The van der Waals surface area contributed by atoms with E-state index in [1.165, 1.54) is 37.9 Å². The molecule has 0 saturated carbocycles. The Hall–Kier alpha value is -1.13. The van der Waals surface area contributed by atoms with Gasteiger partial charge in [0.15, 0.2) is 0 Å². The summed E-state index contributed by atoms with van der Waals surface area (Å²) in [6, 6.07) is 4.09. The highest BCUT2D eigenvalue weighted by atomic mass is 15.2. The van der Waals surface area contributed by atoms with Gasteiger partial charge in [0.05, 0.1) is 0 Å². The average Bonchev–Trinajstić information content (AvgIpc) is 2.55. The van der Waals surface area contributed by atoms with E-state index in [1.807, 2.05) is 12.3 Å². The molecule has 0 aliphatic carbocycles. The standard InChI is InChI=1S/C13H22N4/c1-11-3-2-7-17(8-5-11)10-12-4-6-15-13(9-12)16-14/h4,6,9,11H,2-3,5,7-8,10,14H2,1H3,(H,15,16). The van der Waals surface area contributed by atoms with Gasteiger partial charge in [0.1, 0.15) is 5.82 Å². The minimum Gasteiger partial charge on any atom is -0.308 e. The Labute approximate surface area is 103 Å². The molecule has 0 aromatic carbocycles. The number of nitrogens with one attached hydrogen (secondary N) is 1. The number of rotatable bonds is 3. The summed E-state index contributed by atoms with van der Waals surface area (Å²) in [5.41, 5.74) is 3.87. The van der Waals surface area contributed by atoms with E-state index < -0.39 is 0 Å². The number of aromatic nitrogens is 1. The fraction of sp³-hybridized carbons (Fsp3) is 0.615. The number of nitrogen functional groups attached to an aromatic ring is 1. The summed E-state index contributed by atoms with van der Waals surface area (Å²) >= 11 is 0. The first-order valence-electron chi connectivity index (χ1n) is 6.42. The quantitative estimate of drug-likeness (QED) is 0.620. The molecule has 2 rings (SSSR count). The Bertz CT molecular complexity index is 353. The van der Waals surface area contributed by atoms with Crippen LogP contribution in [0.4, 0.5) is 5.82 Å². The second kappa shape index (κ2) is 5.98.